The first kappa shape index (κ1) is 17.8. The van der Waals surface area contributed by atoms with Gasteiger partial charge in [0.1, 0.15) is 0 Å². The molecule has 134 valence electrons. The number of rotatable bonds is 7. The molecule has 3 aromatic rings. The quantitative estimate of drug-likeness (QED) is 0.638. The molecule has 1 aromatic heterocycles. The van der Waals surface area contributed by atoms with Gasteiger partial charge in [0, 0.05) is 17.9 Å². The summed E-state index contributed by atoms with van der Waals surface area (Å²) >= 11 is 1.42. The summed E-state index contributed by atoms with van der Waals surface area (Å²) in [4.78, 5) is 12.7. The molecule has 0 spiro atoms. The molecular weight excluding hydrogens is 348 g/mol. The molecule has 6 heteroatoms. The summed E-state index contributed by atoms with van der Waals surface area (Å²) in [5.74, 6) is 1.33. The number of thiophene rings is 1. The third kappa shape index (κ3) is 4.34. The Labute approximate surface area is 156 Å². The van der Waals surface area contributed by atoms with E-state index in [9.17, 15) is 4.79 Å². The van der Waals surface area contributed by atoms with Crippen LogP contribution in [-0.4, -0.2) is 20.1 Å². The fourth-order valence-corrected chi connectivity index (χ4v) is 3.09. The molecule has 0 fully saturated rings. The number of ether oxygens (including phenoxy) is 2. The SMILES string of the molecule is COc1ccc(CNc2ccc(NC(=O)c3cccs3)cc2)cc1OC. The highest BCUT2D eigenvalue weighted by molar-refractivity contribution is 7.12. The van der Waals surface area contributed by atoms with Crippen molar-refractivity contribution in [2.75, 3.05) is 24.9 Å². The molecule has 26 heavy (non-hydrogen) atoms. The minimum atomic E-state index is -0.0916. The zero-order chi connectivity index (χ0) is 18.4. The molecule has 0 atom stereocenters. The van der Waals surface area contributed by atoms with Crippen molar-refractivity contribution in [1.29, 1.82) is 0 Å². The van der Waals surface area contributed by atoms with Gasteiger partial charge in [-0.1, -0.05) is 12.1 Å². The van der Waals surface area contributed by atoms with E-state index < -0.39 is 0 Å². The van der Waals surface area contributed by atoms with E-state index >= 15 is 0 Å². The van der Waals surface area contributed by atoms with Crippen LogP contribution in [0.1, 0.15) is 15.2 Å². The Morgan fingerprint density at radius 3 is 2.35 bits per heavy atom. The first-order valence-electron chi connectivity index (χ1n) is 8.09. The van der Waals surface area contributed by atoms with Gasteiger partial charge in [0.15, 0.2) is 11.5 Å². The Hall–Kier alpha value is -2.99. The van der Waals surface area contributed by atoms with E-state index in [1.807, 2.05) is 53.9 Å². The lowest BCUT2D eigenvalue weighted by molar-refractivity contribution is 0.103. The molecule has 2 aromatic carbocycles. The van der Waals surface area contributed by atoms with E-state index in [4.69, 9.17) is 9.47 Å². The van der Waals surface area contributed by atoms with Gasteiger partial charge < -0.3 is 20.1 Å². The highest BCUT2D eigenvalue weighted by Crippen LogP contribution is 2.28. The number of methoxy groups -OCH3 is 2. The summed E-state index contributed by atoms with van der Waals surface area (Å²) < 4.78 is 10.6. The van der Waals surface area contributed by atoms with Gasteiger partial charge in [-0.3, -0.25) is 4.79 Å². The average molecular weight is 368 g/mol. The Kier molecular flexibility index (Phi) is 5.76. The van der Waals surface area contributed by atoms with Gasteiger partial charge in [-0.25, -0.2) is 0 Å². The molecule has 1 amide bonds. The van der Waals surface area contributed by atoms with Gasteiger partial charge in [-0.05, 0) is 53.4 Å². The maximum Gasteiger partial charge on any atom is 0.265 e. The third-order valence-electron chi connectivity index (χ3n) is 3.83. The van der Waals surface area contributed by atoms with Gasteiger partial charge in [0.05, 0.1) is 19.1 Å². The summed E-state index contributed by atoms with van der Waals surface area (Å²) in [7, 11) is 3.24. The standard InChI is InChI=1S/C20H20N2O3S/c1-24-17-10-5-14(12-18(17)25-2)13-21-15-6-8-16(9-7-15)22-20(23)19-4-3-11-26-19/h3-12,21H,13H2,1-2H3,(H,22,23). The van der Waals surface area contributed by atoms with Crippen molar-refractivity contribution >= 4 is 28.6 Å². The summed E-state index contributed by atoms with van der Waals surface area (Å²) in [6.07, 6.45) is 0. The molecule has 0 unspecified atom stereocenters. The van der Waals surface area contributed by atoms with E-state index in [1.54, 1.807) is 20.3 Å². The second kappa shape index (κ2) is 8.40. The van der Waals surface area contributed by atoms with Gasteiger partial charge in [0.25, 0.3) is 5.91 Å². The molecular formula is C20H20N2O3S. The number of anilines is 2. The van der Waals surface area contributed by atoms with Gasteiger partial charge in [-0.15, -0.1) is 11.3 Å². The van der Waals surface area contributed by atoms with Crippen LogP contribution in [0.2, 0.25) is 0 Å². The molecule has 0 aliphatic rings. The zero-order valence-electron chi connectivity index (χ0n) is 14.6. The molecule has 5 nitrogen and oxygen atoms in total. The van der Waals surface area contributed by atoms with Crippen molar-refractivity contribution in [3.8, 4) is 11.5 Å². The van der Waals surface area contributed by atoms with E-state index in [0.717, 1.165) is 16.9 Å². The minimum absolute atomic E-state index is 0.0916. The minimum Gasteiger partial charge on any atom is -0.493 e. The van der Waals surface area contributed by atoms with Crippen LogP contribution in [-0.2, 0) is 6.54 Å². The van der Waals surface area contributed by atoms with Crippen molar-refractivity contribution < 1.29 is 14.3 Å². The van der Waals surface area contributed by atoms with E-state index in [2.05, 4.69) is 10.6 Å². The first-order chi connectivity index (χ1) is 12.7. The average Bonchev–Trinajstić information content (AvgIpc) is 3.22. The van der Waals surface area contributed by atoms with Crippen molar-refractivity contribution in [3.05, 3.63) is 70.4 Å². The van der Waals surface area contributed by atoms with Crippen LogP contribution in [0.3, 0.4) is 0 Å². The van der Waals surface area contributed by atoms with Crippen LogP contribution in [0.15, 0.2) is 60.0 Å². The maximum absolute atomic E-state index is 12.0. The normalized spacial score (nSPS) is 10.2. The number of hydrogen-bond acceptors (Lipinski definition) is 5. The van der Waals surface area contributed by atoms with Crippen LogP contribution in [0.25, 0.3) is 0 Å². The number of amides is 1. The fraction of sp³-hybridized carbons (Fsp3) is 0.150. The van der Waals surface area contributed by atoms with E-state index in [-0.39, 0.29) is 5.91 Å². The van der Waals surface area contributed by atoms with Crippen LogP contribution in [0, 0.1) is 0 Å². The van der Waals surface area contributed by atoms with Crippen LogP contribution in [0.4, 0.5) is 11.4 Å². The third-order valence-corrected chi connectivity index (χ3v) is 4.70. The monoisotopic (exact) mass is 368 g/mol. The predicted molar refractivity (Wildman–Crippen MR) is 106 cm³/mol. The van der Waals surface area contributed by atoms with Gasteiger partial charge in [-0.2, -0.15) is 0 Å². The molecule has 0 saturated heterocycles. The first-order valence-corrected chi connectivity index (χ1v) is 8.97. The van der Waals surface area contributed by atoms with Crippen molar-refractivity contribution in [2.24, 2.45) is 0 Å². The molecule has 3 rings (SSSR count). The highest BCUT2D eigenvalue weighted by Gasteiger charge is 2.07. The van der Waals surface area contributed by atoms with Crippen LogP contribution < -0.4 is 20.1 Å². The van der Waals surface area contributed by atoms with Crippen molar-refractivity contribution in [1.82, 2.24) is 0 Å². The predicted octanol–water partition coefficient (Wildman–Crippen LogP) is 4.63. The Morgan fingerprint density at radius 2 is 1.69 bits per heavy atom. The molecule has 2 N–H and O–H groups in total. The number of hydrogen-bond donors (Lipinski definition) is 2. The summed E-state index contributed by atoms with van der Waals surface area (Å²) in [6.45, 7) is 0.654. The lowest BCUT2D eigenvalue weighted by atomic mass is 10.2. The van der Waals surface area contributed by atoms with Gasteiger partial charge in [0.2, 0.25) is 0 Å². The number of carbonyl (C=O) groups excluding carboxylic acids is 1. The smallest absolute Gasteiger partial charge is 0.265 e. The number of carbonyl (C=O) groups is 1. The second-order valence-corrected chi connectivity index (χ2v) is 6.50. The van der Waals surface area contributed by atoms with Crippen molar-refractivity contribution in [3.63, 3.8) is 0 Å². The lowest BCUT2D eigenvalue weighted by Gasteiger charge is -2.11. The molecule has 0 bridgehead atoms. The molecule has 0 saturated carbocycles. The molecule has 0 radical (unpaired) electrons. The largest absolute Gasteiger partial charge is 0.493 e. The second-order valence-electron chi connectivity index (χ2n) is 5.55. The number of nitrogens with one attached hydrogen (secondary N) is 2. The van der Waals surface area contributed by atoms with Crippen LogP contribution >= 0.6 is 11.3 Å². The molecule has 1 heterocycles. The van der Waals surface area contributed by atoms with Gasteiger partial charge >= 0.3 is 0 Å². The van der Waals surface area contributed by atoms with Crippen molar-refractivity contribution in [2.45, 2.75) is 6.54 Å². The number of benzene rings is 2. The van der Waals surface area contributed by atoms with E-state index in [1.165, 1.54) is 11.3 Å². The molecule has 0 aliphatic carbocycles. The Morgan fingerprint density at radius 1 is 0.962 bits per heavy atom. The lowest BCUT2D eigenvalue weighted by Crippen LogP contribution is -2.10. The summed E-state index contributed by atoms with van der Waals surface area (Å²) in [5.41, 5.74) is 2.81. The Bertz CT molecular complexity index is 861. The Balaban J connectivity index is 1.58. The van der Waals surface area contributed by atoms with E-state index in [0.29, 0.717) is 22.9 Å². The summed E-state index contributed by atoms with van der Waals surface area (Å²) in [5, 5.41) is 8.12. The summed E-state index contributed by atoms with van der Waals surface area (Å²) in [6, 6.07) is 17.1. The fourth-order valence-electron chi connectivity index (χ4n) is 2.47. The van der Waals surface area contributed by atoms with Crippen LogP contribution in [0.5, 0.6) is 11.5 Å². The highest BCUT2D eigenvalue weighted by atomic mass is 32.1. The topological polar surface area (TPSA) is 59.6 Å². The maximum atomic E-state index is 12.0. The zero-order valence-corrected chi connectivity index (χ0v) is 15.4. The molecule has 0 aliphatic heterocycles.